The second-order valence-corrected chi connectivity index (χ2v) is 4.98. The lowest BCUT2D eigenvalue weighted by Gasteiger charge is -2.12. The van der Waals surface area contributed by atoms with E-state index >= 15 is 0 Å². The van der Waals surface area contributed by atoms with Gasteiger partial charge in [0.15, 0.2) is 0 Å². The Balaban J connectivity index is 0.00000196. The van der Waals surface area contributed by atoms with E-state index in [4.69, 9.17) is 10.3 Å². The molecule has 0 bridgehead atoms. The standard InChI is InChI=1S/C11H20N2O.ClH/c1-8(7-12)5-9-6-10(14-13-9)11(2,3)4;/h6,8H,5,7,12H2,1-4H3;1H. The zero-order valence-corrected chi connectivity index (χ0v) is 10.7. The molecule has 1 aromatic rings. The Labute approximate surface area is 97.8 Å². The van der Waals surface area contributed by atoms with Gasteiger partial charge in [-0.2, -0.15) is 0 Å². The summed E-state index contributed by atoms with van der Waals surface area (Å²) in [4.78, 5) is 0. The molecule has 0 aliphatic carbocycles. The van der Waals surface area contributed by atoms with Gasteiger partial charge in [-0.15, -0.1) is 12.4 Å². The van der Waals surface area contributed by atoms with Gasteiger partial charge in [0.1, 0.15) is 5.76 Å². The Kier molecular flexibility index (Phi) is 5.32. The fourth-order valence-electron chi connectivity index (χ4n) is 1.20. The average molecular weight is 233 g/mol. The summed E-state index contributed by atoms with van der Waals surface area (Å²) >= 11 is 0. The minimum Gasteiger partial charge on any atom is -0.361 e. The molecular formula is C11H21ClN2O. The molecule has 0 aromatic carbocycles. The molecular weight excluding hydrogens is 212 g/mol. The van der Waals surface area contributed by atoms with Crippen molar-refractivity contribution in [1.82, 2.24) is 5.16 Å². The van der Waals surface area contributed by atoms with Gasteiger partial charge in [-0.05, 0) is 18.9 Å². The predicted molar refractivity (Wildman–Crippen MR) is 64.4 cm³/mol. The van der Waals surface area contributed by atoms with Gasteiger partial charge in [0.25, 0.3) is 0 Å². The van der Waals surface area contributed by atoms with E-state index in [0.29, 0.717) is 12.5 Å². The van der Waals surface area contributed by atoms with E-state index in [1.54, 1.807) is 0 Å². The average Bonchev–Trinajstić information content (AvgIpc) is 2.51. The Morgan fingerprint density at radius 2 is 2.07 bits per heavy atom. The lowest BCUT2D eigenvalue weighted by Crippen LogP contribution is -2.13. The van der Waals surface area contributed by atoms with E-state index in [-0.39, 0.29) is 17.8 Å². The molecule has 1 rings (SSSR count). The van der Waals surface area contributed by atoms with Crippen LogP contribution >= 0.6 is 12.4 Å². The van der Waals surface area contributed by atoms with Crippen molar-refractivity contribution in [3.8, 4) is 0 Å². The smallest absolute Gasteiger partial charge is 0.142 e. The zero-order valence-electron chi connectivity index (χ0n) is 9.91. The van der Waals surface area contributed by atoms with Gasteiger partial charge >= 0.3 is 0 Å². The molecule has 4 heteroatoms. The molecule has 0 fully saturated rings. The van der Waals surface area contributed by atoms with Crippen molar-refractivity contribution in [2.75, 3.05) is 6.54 Å². The Hall–Kier alpha value is -0.540. The fourth-order valence-corrected chi connectivity index (χ4v) is 1.20. The minimum absolute atomic E-state index is 0. The highest BCUT2D eigenvalue weighted by Gasteiger charge is 2.19. The van der Waals surface area contributed by atoms with Crippen LogP contribution in [0.4, 0.5) is 0 Å². The maximum atomic E-state index is 5.55. The summed E-state index contributed by atoms with van der Waals surface area (Å²) in [5, 5.41) is 4.04. The molecule has 0 radical (unpaired) electrons. The van der Waals surface area contributed by atoms with Crippen LogP contribution < -0.4 is 5.73 Å². The molecule has 1 aromatic heterocycles. The summed E-state index contributed by atoms with van der Waals surface area (Å²) in [6.45, 7) is 9.15. The number of halogens is 1. The van der Waals surface area contributed by atoms with E-state index in [1.165, 1.54) is 0 Å². The molecule has 2 N–H and O–H groups in total. The first-order chi connectivity index (χ1) is 6.43. The highest BCUT2D eigenvalue weighted by molar-refractivity contribution is 5.85. The molecule has 1 atom stereocenters. The van der Waals surface area contributed by atoms with E-state index in [2.05, 4.69) is 32.9 Å². The first-order valence-corrected chi connectivity index (χ1v) is 5.09. The maximum absolute atomic E-state index is 5.55. The largest absolute Gasteiger partial charge is 0.361 e. The number of hydrogen-bond donors (Lipinski definition) is 1. The van der Waals surface area contributed by atoms with Gasteiger partial charge in [-0.1, -0.05) is 32.9 Å². The zero-order chi connectivity index (χ0) is 10.8. The van der Waals surface area contributed by atoms with Crippen molar-refractivity contribution in [3.63, 3.8) is 0 Å². The molecule has 0 saturated carbocycles. The summed E-state index contributed by atoms with van der Waals surface area (Å²) in [5.74, 6) is 1.41. The van der Waals surface area contributed by atoms with Crippen LogP contribution in [-0.2, 0) is 11.8 Å². The third kappa shape index (κ3) is 4.22. The van der Waals surface area contributed by atoms with Crippen molar-refractivity contribution in [1.29, 1.82) is 0 Å². The van der Waals surface area contributed by atoms with Crippen LogP contribution in [0.25, 0.3) is 0 Å². The van der Waals surface area contributed by atoms with Crippen LogP contribution in [0, 0.1) is 5.92 Å². The fraction of sp³-hybridized carbons (Fsp3) is 0.727. The third-order valence-corrected chi connectivity index (χ3v) is 2.26. The second-order valence-electron chi connectivity index (χ2n) is 4.98. The SMILES string of the molecule is CC(CN)Cc1cc(C(C)(C)C)on1.Cl. The first-order valence-electron chi connectivity index (χ1n) is 5.09. The van der Waals surface area contributed by atoms with Crippen LogP contribution in [0.3, 0.4) is 0 Å². The monoisotopic (exact) mass is 232 g/mol. The van der Waals surface area contributed by atoms with Gasteiger partial charge < -0.3 is 10.3 Å². The van der Waals surface area contributed by atoms with Crippen LogP contribution in [0.1, 0.15) is 39.1 Å². The highest BCUT2D eigenvalue weighted by atomic mass is 35.5. The van der Waals surface area contributed by atoms with Crippen molar-refractivity contribution in [2.45, 2.75) is 39.5 Å². The quantitative estimate of drug-likeness (QED) is 0.872. The van der Waals surface area contributed by atoms with Gasteiger partial charge in [0.2, 0.25) is 0 Å². The highest BCUT2D eigenvalue weighted by Crippen LogP contribution is 2.23. The number of rotatable bonds is 3. The van der Waals surface area contributed by atoms with Crippen LogP contribution in [0.5, 0.6) is 0 Å². The second kappa shape index (κ2) is 5.52. The van der Waals surface area contributed by atoms with Gasteiger partial charge in [-0.25, -0.2) is 0 Å². The van der Waals surface area contributed by atoms with E-state index in [0.717, 1.165) is 17.9 Å². The maximum Gasteiger partial charge on any atom is 0.142 e. The predicted octanol–water partition coefficient (Wildman–Crippen LogP) is 2.53. The van der Waals surface area contributed by atoms with Crippen LogP contribution in [-0.4, -0.2) is 11.7 Å². The van der Waals surface area contributed by atoms with Crippen LogP contribution in [0.2, 0.25) is 0 Å². The molecule has 1 unspecified atom stereocenters. The van der Waals surface area contributed by atoms with E-state index in [9.17, 15) is 0 Å². The van der Waals surface area contributed by atoms with Crippen molar-refractivity contribution >= 4 is 12.4 Å². The Morgan fingerprint density at radius 1 is 1.47 bits per heavy atom. The summed E-state index contributed by atoms with van der Waals surface area (Å²) < 4.78 is 5.28. The first kappa shape index (κ1) is 14.5. The number of nitrogens with two attached hydrogens (primary N) is 1. The molecule has 0 amide bonds. The molecule has 0 saturated heterocycles. The number of hydrogen-bond acceptors (Lipinski definition) is 3. The van der Waals surface area contributed by atoms with Gasteiger partial charge in [0, 0.05) is 11.5 Å². The van der Waals surface area contributed by atoms with Gasteiger partial charge in [0.05, 0.1) is 5.69 Å². The van der Waals surface area contributed by atoms with Crippen molar-refractivity contribution in [3.05, 3.63) is 17.5 Å². The Bertz CT molecular complexity index is 291. The molecule has 0 spiro atoms. The van der Waals surface area contributed by atoms with E-state index < -0.39 is 0 Å². The molecule has 0 aliphatic heterocycles. The Morgan fingerprint density at radius 3 is 2.47 bits per heavy atom. The van der Waals surface area contributed by atoms with Crippen molar-refractivity contribution < 1.29 is 4.52 Å². The topological polar surface area (TPSA) is 52.0 Å². The summed E-state index contributed by atoms with van der Waals surface area (Å²) in [6, 6.07) is 2.03. The van der Waals surface area contributed by atoms with Crippen molar-refractivity contribution in [2.24, 2.45) is 11.7 Å². The van der Waals surface area contributed by atoms with E-state index in [1.807, 2.05) is 6.07 Å². The number of aromatic nitrogens is 1. The van der Waals surface area contributed by atoms with Crippen LogP contribution in [0.15, 0.2) is 10.6 Å². The minimum atomic E-state index is 0. The normalized spacial score (nSPS) is 13.4. The van der Waals surface area contributed by atoms with Gasteiger partial charge in [-0.3, -0.25) is 0 Å². The number of nitrogens with zero attached hydrogens (tertiary/aromatic N) is 1. The summed E-state index contributed by atoms with van der Waals surface area (Å²) in [6.07, 6.45) is 0.899. The lowest BCUT2D eigenvalue weighted by molar-refractivity contribution is 0.324. The lowest BCUT2D eigenvalue weighted by atomic mass is 9.92. The molecule has 15 heavy (non-hydrogen) atoms. The summed E-state index contributed by atoms with van der Waals surface area (Å²) in [7, 11) is 0. The third-order valence-electron chi connectivity index (χ3n) is 2.26. The summed E-state index contributed by atoms with van der Waals surface area (Å²) in [5.41, 5.74) is 6.60. The molecule has 1 heterocycles. The molecule has 3 nitrogen and oxygen atoms in total. The molecule has 0 aliphatic rings. The molecule has 88 valence electrons.